The van der Waals surface area contributed by atoms with Crippen LogP contribution in [-0.2, 0) is 22.6 Å². The minimum atomic E-state index is -1.13. The van der Waals surface area contributed by atoms with Crippen LogP contribution in [0.3, 0.4) is 0 Å². The summed E-state index contributed by atoms with van der Waals surface area (Å²) in [4.78, 5) is 29.0. The quantitative estimate of drug-likeness (QED) is 0.390. The Kier molecular flexibility index (Phi) is 8.77. The smallest absolute Gasteiger partial charge is 0.250 e. The van der Waals surface area contributed by atoms with E-state index in [1.165, 1.54) is 7.11 Å². The third-order valence-corrected chi connectivity index (χ3v) is 6.44. The zero-order valence-electron chi connectivity index (χ0n) is 20.5. The van der Waals surface area contributed by atoms with Crippen LogP contribution in [0.1, 0.15) is 31.4 Å². The Bertz CT molecular complexity index is 1150. The maximum atomic E-state index is 13.7. The van der Waals surface area contributed by atoms with E-state index in [0.717, 1.165) is 11.1 Å². The molecule has 0 heterocycles. The van der Waals surface area contributed by atoms with Gasteiger partial charge in [-0.25, -0.2) is 0 Å². The molecule has 0 saturated carbocycles. The molecule has 0 aliphatic rings. The van der Waals surface area contributed by atoms with Gasteiger partial charge in [-0.15, -0.1) is 0 Å². The molecule has 0 aliphatic heterocycles. The molecule has 2 amide bonds. The fourth-order valence-corrected chi connectivity index (χ4v) is 3.93. The largest absolute Gasteiger partial charge is 0.497 e. The van der Waals surface area contributed by atoms with E-state index in [0.29, 0.717) is 28.6 Å². The first-order chi connectivity index (χ1) is 16.8. The highest BCUT2D eigenvalue weighted by Gasteiger charge is 2.41. The van der Waals surface area contributed by atoms with E-state index < -0.39 is 5.54 Å². The van der Waals surface area contributed by atoms with Gasteiger partial charge in [0.2, 0.25) is 11.8 Å². The van der Waals surface area contributed by atoms with Crippen molar-refractivity contribution in [2.24, 2.45) is 0 Å². The zero-order valence-corrected chi connectivity index (χ0v) is 21.3. The molecule has 0 aliphatic carbocycles. The number of anilines is 1. The second-order valence-electron chi connectivity index (χ2n) is 8.42. The number of benzene rings is 3. The molecule has 0 fully saturated rings. The van der Waals surface area contributed by atoms with Crippen LogP contribution in [0, 0.1) is 0 Å². The van der Waals surface area contributed by atoms with Crippen molar-refractivity contribution in [2.75, 3.05) is 19.5 Å². The number of hydrogen-bond acceptors (Lipinski definition) is 4. The summed E-state index contributed by atoms with van der Waals surface area (Å²) in [7, 11) is 3.09. The van der Waals surface area contributed by atoms with Crippen LogP contribution in [0.15, 0.2) is 72.8 Å². The van der Waals surface area contributed by atoms with Gasteiger partial charge in [0.25, 0.3) is 0 Å². The summed E-state index contributed by atoms with van der Waals surface area (Å²) in [6.45, 7) is 3.95. The first-order valence-electron chi connectivity index (χ1n) is 11.4. The molecule has 1 unspecified atom stereocenters. The van der Waals surface area contributed by atoms with Crippen molar-refractivity contribution in [2.45, 2.75) is 38.8 Å². The van der Waals surface area contributed by atoms with E-state index >= 15 is 0 Å². The summed E-state index contributed by atoms with van der Waals surface area (Å²) in [6, 6.07) is 22.0. The second kappa shape index (κ2) is 11.8. The zero-order chi connectivity index (χ0) is 25.4. The fraction of sp³-hybridized carbons (Fsp3) is 0.286. The molecule has 0 radical (unpaired) electrons. The van der Waals surface area contributed by atoms with Crippen molar-refractivity contribution in [3.05, 3.63) is 88.9 Å². The number of carbonyl (C=O) groups excluding carboxylic acids is 2. The van der Waals surface area contributed by atoms with Gasteiger partial charge in [0.1, 0.15) is 17.0 Å². The number of nitrogens with one attached hydrogen (secondary N) is 1. The van der Waals surface area contributed by atoms with Crippen molar-refractivity contribution in [3.63, 3.8) is 0 Å². The molecule has 0 aromatic heterocycles. The number of methoxy groups -OCH3 is 2. The van der Waals surface area contributed by atoms with E-state index in [-0.39, 0.29) is 24.8 Å². The molecular formula is C28H31ClN2O4. The summed E-state index contributed by atoms with van der Waals surface area (Å²) in [5.41, 5.74) is 1.13. The lowest BCUT2D eigenvalue weighted by Crippen LogP contribution is -2.56. The molecule has 3 aromatic rings. The first-order valence-corrected chi connectivity index (χ1v) is 11.8. The molecule has 0 saturated heterocycles. The number of nitrogens with zero attached hydrogens (tertiary/aromatic N) is 1. The predicted molar refractivity (Wildman–Crippen MR) is 139 cm³/mol. The van der Waals surface area contributed by atoms with E-state index in [9.17, 15) is 9.59 Å². The Morgan fingerprint density at radius 1 is 0.943 bits per heavy atom. The second-order valence-corrected chi connectivity index (χ2v) is 8.85. The summed E-state index contributed by atoms with van der Waals surface area (Å²) < 4.78 is 10.7. The standard InChI is InChI=1S/C28H31ClN2O4/c1-5-28(2,27(33)30-24-16-15-23(34-3)18-25(24)35-4)31(19-21-11-13-22(29)14-12-21)26(32)17-20-9-7-6-8-10-20/h6-16,18H,5,17,19H2,1-4H3,(H,30,33). The van der Waals surface area contributed by atoms with Crippen molar-refractivity contribution < 1.29 is 19.1 Å². The number of carbonyl (C=O) groups is 2. The molecule has 3 rings (SSSR count). The van der Waals surface area contributed by atoms with Gasteiger partial charge in [-0.2, -0.15) is 0 Å². The Labute approximate surface area is 211 Å². The summed E-state index contributed by atoms with van der Waals surface area (Å²) in [5, 5.41) is 3.57. The van der Waals surface area contributed by atoms with Crippen LogP contribution in [0.5, 0.6) is 11.5 Å². The molecule has 3 aromatic carbocycles. The summed E-state index contributed by atoms with van der Waals surface area (Å²) in [6.07, 6.45) is 0.592. The van der Waals surface area contributed by atoms with E-state index in [1.54, 1.807) is 49.3 Å². The maximum Gasteiger partial charge on any atom is 0.250 e. The average Bonchev–Trinajstić information content (AvgIpc) is 2.88. The molecule has 7 heteroatoms. The van der Waals surface area contributed by atoms with Crippen LogP contribution >= 0.6 is 11.6 Å². The molecule has 0 bridgehead atoms. The van der Waals surface area contributed by atoms with E-state index in [4.69, 9.17) is 21.1 Å². The minimum absolute atomic E-state index is 0.146. The Hall–Kier alpha value is -3.51. The maximum absolute atomic E-state index is 13.7. The van der Waals surface area contributed by atoms with E-state index in [1.807, 2.05) is 49.4 Å². The first kappa shape index (κ1) is 26.1. The number of ether oxygens (including phenoxy) is 2. The van der Waals surface area contributed by atoms with Gasteiger partial charge in [-0.1, -0.05) is 61.0 Å². The van der Waals surface area contributed by atoms with E-state index in [2.05, 4.69) is 5.32 Å². The van der Waals surface area contributed by atoms with Crippen molar-refractivity contribution in [1.29, 1.82) is 0 Å². The van der Waals surface area contributed by atoms with Gasteiger partial charge >= 0.3 is 0 Å². The minimum Gasteiger partial charge on any atom is -0.497 e. The molecule has 6 nitrogen and oxygen atoms in total. The summed E-state index contributed by atoms with van der Waals surface area (Å²) >= 11 is 6.06. The van der Waals surface area contributed by atoms with Crippen LogP contribution in [0.4, 0.5) is 5.69 Å². The van der Waals surface area contributed by atoms with Gasteiger partial charge in [-0.3, -0.25) is 9.59 Å². The lowest BCUT2D eigenvalue weighted by Gasteiger charge is -2.40. The Morgan fingerprint density at radius 2 is 1.63 bits per heavy atom. The Balaban J connectivity index is 1.94. The van der Waals surface area contributed by atoms with Gasteiger partial charge in [0.15, 0.2) is 0 Å². The summed E-state index contributed by atoms with van der Waals surface area (Å²) in [5.74, 6) is 0.628. The highest BCUT2D eigenvalue weighted by molar-refractivity contribution is 6.30. The molecule has 184 valence electrons. The highest BCUT2D eigenvalue weighted by Crippen LogP contribution is 2.32. The third-order valence-electron chi connectivity index (χ3n) is 6.18. The monoisotopic (exact) mass is 494 g/mol. The molecule has 0 spiro atoms. The normalized spacial score (nSPS) is 12.4. The molecule has 1 N–H and O–H groups in total. The molecule has 1 atom stereocenters. The number of amides is 2. The molecule has 35 heavy (non-hydrogen) atoms. The third kappa shape index (κ3) is 6.34. The van der Waals surface area contributed by atoms with Gasteiger partial charge in [0, 0.05) is 17.6 Å². The van der Waals surface area contributed by atoms with Gasteiger partial charge < -0.3 is 19.7 Å². The van der Waals surface area contributed by atoms with Gasteiger partial charge in [0.05, 0.1) is 26.3 Å². The van der Waals surface area contributed by atoms with Crippen molar-refractivity contribution >= 4 is 29.1 Å². The number of halogens is 1. The number of hydrogen-bond donors (Lipinski definition) is 1. The van der Waals surface area contributed by atoms with Crippen molar-refractivity contribution in [3.8, 4) is 11.5 Å². The predicted octanol–water partition coefficient (Wildman–Crippen LogP) is 5.74. The van der Waals surface area contributed by atoms with Crippen LogP contribution in [0.2, 0.25) is 5.02 Å². The topological polar surface area (TPSA) is 67.9 Å². The Morgan fingerprint density at radius 3 is 2.23 bits per heavy atom. The average molecular weight is 495 g/mol. The van der Waals surface area contributed by atoms with Crippen LogP contribution in [-0.4, -0.2) is 36.5 Å². The lowest BCUT2D eigenvalue weighted by molar-refractivity contribution is -0.145. The lowest BCUT2D eigenvalue weighted by atomic mass is 9.92. The van der Waals surface area contributed by atoms with Gasteiger partial charge in [-0.05, 0) is 48.7 Å². The van der Waals surface area contributed by atoms with Crippen LogP contribution in [0.25, 0.3) is 0 Å². The molecular weight excluding hydrogens is 464 g/mol. The van der Waals surface area contributed by atoms with Crippen molar-refractivity contribution in [1.82, 2.24) is 4.90 Å². The number of rotatable bonds is 10. The SMILES string of the molecule is CCC(C)(C(=O)Nc1ccc(OC)cc1OC)N(Cc1ccc(Cl)cc1)C(=O)Cc1ccccc1. The highest BCUT2D eigenvalue weighted by atomic mass is 35.5. The fourth-order valence-electron chi connectivity index (χ4n) is 3.81. The van der Waals surface area contributed by atoms with Crippen LogP contribution < -0.4 is 14.8 Å².